The van der Waals surface area contributed by atoms with Crippen LogP contribution in [-0.4, -0.2) is 49.3 Å². The van der Waals surface area contributed by atoms with E-state index in [9.17, 15) is 0 Å². The molecule has 1 aliphatic rings. The molecule has 0 amide bonds. The minimum Gasteiger partial charge on any atom is -0.375 e. The minimum atomic E-state index is 0.168. The summed E-state index contributed by atoms with van der Waals surface area (Å²) in [4.78, 5) is 2.43. The molecule has 0 bridgehead atoms. The molecule has 0 aromatic carbocycles. The second-order valence-corrected chi connectivity index (χ2v) is 7.00. The maximum atomic E-state index is 6.04. The highest BCUT2D eigenvalue weighted by molar-refractivity contribution is 4.82. The van der Waals surface area contributed by atoms with Crippen LogP contribution in [0.15, 0.2) is 0 Å². The second kappa shape index (κ2) is 6.88. The third-order valence-electron chi connectivity index (χ3n) is 3.52. The van der Waals surface area contributed by atoms with Crippen LogP contribution in [0.3, 0.4) is 0 Å². The average Bonchev–Trinajstić information content (AvgIpc) is 3.04. The molecule has 0 aliphatic heterocycles. The van der Waals surface area contributed by atoms with Crippen molar-refractivity contribution in [1.82, 2.24) is 10.2 Å². The molecule has 1 unspecified atom stereocenters. The Kier molecular flexibility index (Phi) is 6.09. The van der Waals surface area contributed by atoms with Gasteiger partial charge in [0.1, 0.15) is 0 Å². The molecule has 18 heavy (non-hydrogen) atoms. The fourth-order valence-corrected chi connectivity index (χ4v) is 1.94. The van der Waals surface area contributed by atoms with E-state index >= 15 is 0 Å². The maximum absolute atomic E-state index is 6.04. The normalized spacial score (nSPS) is 18.7. The molecule has 3 nitrogen and oxygen atoms in total. The molecular formula is C15H32N2O. The lowest BCUT2D eigenvalue weighted by Crippen LogP contribution is -2.43. The van der Waals surface area contributed by atoms with Gasteiger partial charge in [0, 0.05) is 24.7 Å². The Labute approximate surface area is 113 Å². The average molecular weight is 256 g/mol. The molecule has 1 saturated carbocycles. The topological polar surface area (TPSA) is 24.5 Å². The van der Waals surface area contributed by atoms with Crippen LogP contribution in [0.1, 0.15) is 47.5 Å². The van der Waals surface area contributed by atoms with Crippen molar-refractivity contribution in [2.45, 2.75) is 65.1 Å². The first-order valence-corrected chi connectivity index (χ1v) is 7.36. The van der Waals surface area contributed by atoms with Crippen LogP contribution in [0.4, 0.5) is 0 Å². The van der Waals surface area contributed by atoms with Crippen molar-refractivity contribution in [3.63, 3.8) is 0 Å². The molecule has 0 saturated heterocycles. The van der Waals surface area contributed by atoms with Gasteiger partial charge in [-0.25, -0.2) is 0 Å². The number of nitrogens with one attached hydrogen (secondary N) is 1. The molecule has 1 fully saturated rings. The molecule has 108 valence electrons. The van der Waals surface area contributed by atoms with E-state index in [0.717, 1.165) is 25.7 Å². The standard InChI is InChI=1S/C15H32N2O/c1-12(2)14(11-16-15(3,4)5)18-10-9-17(6)13-7-8-13/h12-14,16H,7-11H2,1-6H3. The van der Waals surface area contributed by atoms with Gasteiger partial charge in [0.05, 0.1) is 12.7 Å². The summed E-state index contributed by atoms with van der Waals surface area (Å²) in [6, 6.07) is 0.832. The van der Waals surface area contributed by atoms with E-state index in [-0.39, 0.29) is 5.54 Å². The molecule has 0 aromatic rings. The summed E-state index contributed by atoms with van der Waals surface area (Å²) in [5, 5.41) is 3.54. The minimum absolute atomic E-state index is 0.168. The van der Waals surface area contributed by atoms with E-state index in [1.807, 2.05) is 0 Å². The number of likely N-dealkylation sites (N-methyl/N-ethyl adjacent to an activating group) is 1. The first kappa shape index (κ1) is 15.9. The Morgan fingerprint density at radius 3 is 2.33 bits per heavy atom. The number of nitrogens with zero attached hydrogens (tertiary/aromatic N) is 1. The first-order chi connectivity index (χ1) is 8.29. The highest BCUT2D eigenvalue weighted by atomic mass is 16.5. The van der Waals surface area contributed by atoms with E-state index in [1.54, 1.807) is 0 Å². The lowest BCUT2D eigenvalue weighted by Gasteiger charge is -2.28. The van der Waals surface area contributed by atoms with Crippen molar-refractivity contribution in [1.29, 1.82) is 0 Å². The first-order valence-electron chi connectivity index (χ1n) is 7.36. The van der Waals surface area contributed by atoms with Crippen LogP contribution < -0.4 is 5.32 Å². The van der Waals surface area contributed by atoms with Crippen molar-refractivity contribution in [3.05, 3.63) is 0 Å². The Morgan fingerprint density at radius 2 is 1.89 bits per heavy atom. The van der Waals surface area contributed by atoms with Gasteiger partial charge in [0.25, 0.3) is 0 Å². The van der Waals surface area contributed by atoms with E-state index in [0.29, 0.717) is 12.0 Å². The van der Waals surface area contributed by atoms with E-state index in [4.69, 9.17) is 4.74 Å². The number of rotatable bonds is 8. The number of ether oxygens (including phenoxy) is 1. The molecule has 1 aliphatic carbocycles. The van der Waals surface area contributed by atoms with Crippen LogP contribution in [0.5, 0.6) is 0 Å². The lowest BCUT2D eigenvalue weighted by molar-refractivity contribution is 0.00982. The van der Waals surface area contributed by atoms with Crippen LogP contribution in [0, 0.1) is 5.92 Å². The zero-order valence-electron chi connectivity index (χ0n) is 13.1. The zero-order chi connectivity index (χ0) is 13.8. The van der Waals surface area contributed by atoms with Gasteiger partial charge in [-0.05, 0) is 46.6 Å². The predicted octanol–water partition coefficient (Wildman–Crippen LogP) is 2.51. The summed E-state index contributed by atoms with van der Waals surface area (Å²) in [7, 11) is 2.21. The van der Waals surface area contributed by atoms with Gasteiger partial charge in [-0.2, -0.15) is 0 Å². The fraction of sp³-hybridized carbons (Fsp3) is 1.00. The van der Waals surface area contributed by atoms with Gasteiger partial charge in [-0.1, -0.05) is 13.8 Å². The summed E-state index contributed by atoms with van der Waals surface area (Å²) in [6.07, 6.45) is 3.06. The highest BCUT2D eigenvalue weighted by Crippen LogP contribution is 2.24. The van der Waals surface area contributed by atoms with E-state index in [1.165, 1.54) is 12.8 Å². The van der Waals surface area contributed by atoms with Crippen molar-refractivity contribution >= 4 is 0 Å². The molecule has 0 spiro atoms. The van der Waals surface area contributed by atoms with Crippen LogP contribution in [0.25, 0.3) is 0 Å². The molecule has 3 heteroatoms. The lowest BCUT2D eigenvalue weighted by atomic mass is 10.0. The Hall–Kier alpha value is -0.120. The largest absolute Gasteiger partial charge is 0.375 e. The third-order valence-corrected chi connectivity index (χ3v) is 3.52. The van der Waals surface area contributed by atoms with Crippen LogP contribution in [0.2, 0.25) is 0 Å². The van der Waals surface area contributed by atoms with Crippen LogP contribution in [-0.2, 0) is 4.74 Å². The molecule has 1 atom stereocenters. The summed E-state index contributed by atoms with van der Waals surface area (Å²) in [5.41, 5.74) is 0.168. The van der Waals surface area contributed by atoms with Gasteiger partial charge in [-0.3, -0.25) is 0 Å². The third kappa shape index (κ3) is 6.72. The molecule has 0 radical (unpaired) electrons. The van der Waals surface area contributed by atoms with Gasteiger partial charge >= 0.3 is 0 Å². The van der Waals surface area contributed by atoms with E-state index in [2.05, 4.69) is 51.9 Å². The Morgan fingerprint density at radius 1 is 1.28 bits per heavy atom. The zero-order valence-corrected chi connectivity index (χ0v) is 13.1. The van der Waals surface area contributed by atoms with Crippen LogP contribution >= 0.6 is 0 Å². The van der Waals surface area contributed by atoms with Crippen molar-refractivity contribution < 1.29 is 4.74 Å². The van der Waals surface area contributed by atoms with Crippen molar-refractivity contribution in [2.75, 3.05) is 26.7 Å². The summed E-state index contributed by atoms with van der Waals surface area (Å²) in [6.45, 7) is 13.9. The predicted molar refractivity (Wildman–Crippen MR) is 78.0 cm³/mol. The SMILES string of the molecule is CC(C)C(CNC(C)(C)C)OCCN(C)C1CC1. The summed E-state index contributed by atoms with van der Waals surface area (Å²) >= 11 is 0. The maximum Gasteiger partial charge on any atom is 0.0723 e. The molecular weight excluding hydrogens is 224 g/mol. The summed E-state index contributed by atoms with van der Waals surface area (Å²) < 4.78 is 6.04. The number of hydrogen-bond donors (Lipinski definition) is 1. The summed E-state index contributed by atoms with van der Waals surface area (Å²) in [5.74, 6) is 0.561. The van der Waals surface area contributed by atoms with Crippen molar-refractivity contribution in [2.24, 2.45) is 5.92 Å². The van der Waals surface area contributed by atoms with E-state index < -0.39 is 0 Å². The molecule has 1 rings (SSSR count). The van der Waals surface area contributed by atoms with Gasteiger partial charge in [0.15, 0.2) is 0 Å². The van der Waals surface area contributed by atoms with Gasteiger partial charge < -0.3 is 15.0 Å². The monoisotopic (exact) mass is 256 g/mol. The Bertz CT molecular complexity index is 231. The molecule has 1 N–H and O–H groups in total. The quantitative estimate of drug-likeness (QED) is 0.722. The fourth-order valence-electron chi connectivity index (χ4n) is 1.94. The number of hydrogen-bond acceptors (Lipinski definition) is 3. The van der Waals surface area contributed by atoms with Crippen molar-refractivity contribution in [3.8, 4) is 0 Å². The highest BCUT2D eigenvalue weighted by Gasteiger charge is 2.26. The van der Waals surface area contributed by atoms with Gasteiger partial charge in [-0.15, -0.1) is 0 Å². The molecule has 0 heterocycles. The Balaban J connectivity index is 2.20. The smallest absolute Gasteiger partial charge is 0.0723 e. The molecule has 0 aromatic heterocycles. The second-order valence-electron chi connectivity index (χ2n) is 7.00. The van der Waals surface area contributed by atoms with Gasteiger partial charge in [0.2, 0.25) is 0 Å².